The molecule has 0 aromatic heterocycles. The Morgan fingerprint density at radius 2 is 2.07 bits per heavy atom. The van der Waals surface area contributed by atoms with E-state index in [1.165, 1.54) is 0 Å². The van der Waals surface area contributed by atoms with Gasteiger partial charge in [-0.1, -0.05) is 0 Å². The van der Waals surface area contributed by atoms with Gasteiger partial charge in [-0.2, -0.15) is 0 Å². The van der Waals surface area contributed by atoms with E-state index in [0.717, 1.165) is 45.3 Å². The number of nitrogens with one attached hydrogen (secondary N) is 1. The molecule has 86 valence electrons. The largest absolute Gasteiger partial charge is 0.446 e. The third-order valence-corrected chi connectivity index (χ3v) is 3.32. The lowest BCUT2D eigenvalue weighted by molar-refractivity contribution is 0.00222. The lowest BCUT2D eigenvalue weighted by atomic mass is 9.82. The summed E-state index contributed by atoms with van der Waals surface area (Å²) < 4.78 is 5.41. The van der Waals surface area contributed by atoms with Crippen molar-refractivity contribution < 1.29 is 9.53 Å². The quantitative estimate of drug-likeness (QED) is 0.764. The van der Waals surface area contributed by atoms with Gasteiger partial charge in [-0.25, -0.2) is 4.79 Å². The van der Waals surface area contributed by atoms with Crippen molar-refractivity contribution in [3.63, 3.8) is 0 Å². The molecule has 2 aliphatic rings. The average molecular weight is 212 g/mol. The highest BCUT2D eigenvalue weighted by Gasteiger charge is 2.33. The van der Waals surface area contributed by atoms with Crippen LogP contribution < -0.4 is 5.32 Å². The molecule has 1 aliphatic carbocycles. The van der Waals surface area contributed by atoms with Gasteiger partial charge >= 0.3 is 6.09 Å². The number of hydrogen-bond acceptors (Lipinski definition) is 3. The van der Waals surface area contributed by atoms with Gasteiger partial charge < -0.3 is 15.0 Å². The van der Waals surface area contributed by atoms with Crippen LogP contribution >= 0.6 is 0 Å². The number of nitrogens with zero attached hydrogens (tertiary/aromatic N) is 1. The molecule has 0 aromatic rings. The lowest BCUT2D eigenvalue weighted by Gasteiger charge is -2.35. The fraction of sp³-hybridized carbons (Fsp3) is 0.909. The Morgan fingerprint density at radius 1 is 1.40 bits per heavy atom. The molecule has 1 saturated heterocycles. The molecular weight excluding hydrogens is 192 g/mol. The van der Waals surface area contributed by atoms with E-state index >= 15 is 0 Å². The van der Waals surface area contributed by atoms with Crippen LogP contribution in [0.4, 0.5) is 4.79 Å². The van der Waals surface area contributed by atoms with Gasteiger partial charge in [0.15, 0.2) is 0 Å². The van der Waals surface area contributed by atoms with Gasteiger partial charge in [-0.3, -0.25) is 0 Å². The summed E-state index contributed by atoms with van der Waals surface area (Å²) in [5.41, 5.74) is 0. The molecule has 1 saturated carbocycles. The SMILES string of the molecule is CNCC1CC(OC(=O)N2CCCC2)C1. The minimum absolute atomic E-state index is 0.0968. The Kier molecular flexibility index (Phi) is 3.46. The fourth-order valence-electron chi connectivity index (χ4n) is 2.34. The Bertz CT molecular complexity index is 221. The summed E-state index contributed by atoms with van der Waals surface area (Å²) in [4.78, 5) is 13.4. The highest BCUT2D eigenvalue weighted by atomic mass is 16.6. The summed E-state index contributed by atoms with van der Waals surface area (Å²) in [5, 5.41) is 3.15. The van der Waals surface area contributed by atoms with Crippen LogP contribution in [0.15, 0.2) is 0 Å². The highest BCUT2D eigenvalue weighted by Crippen LogP contribution is 2.30. The first-order chi connectivity index (χ1) is 7.29. The smallest absolute Gasteiger partial charge is 0.410 e. The van der Waals surface area contributed by atoms with Gasteiger partial charge in [0, 0.05) is 13.1 Å². The molecule has 1 aliphatic heterocycles. The Morgan fingerprint density at radius 3 is 2.67 bits per heavy atom. The van der Waals surface area contributed by atoms with Crippen LogP contribution in [-0.2, 0) is 4.74 Å². The van der Waals surface area contributed by atoms with Crippen LogP contribution in [0.2, 0.25) is 0 Å². The van der Waals surface area contributed by atoms with Crippen molar-refractivity contribution in [3.8, 4) is 0 Å². The minimum atomic E-state index is -0.0968. The first kappa shape index (κ1) is 10.7. The Labute approximate surface area is 91.0 Å². The molecule has 1 amide bonds. The maximum absolute atomic E-state index is 11.6. The number of amides is 1. The van der Waals surface area contributed by atoms with Crippen LogP contribution in [0.25, 0.3) is 0 Å². The summed E-state index contributed by atoms with van der Waals surface area (Å²) in [7, 11) is 1.96. The van der Waals surface area contributed by atoms with E-state index in [9.17, 15) is 4.79 Å². The average Bonchev–Trinajstić information content (AvgIpc) is 2.67. The third-order valence-electron chi connectivity index (χ3n) is 3.32. The number of ether oxygens (including phenoxy) is 1. The van der Waals surface area contributed by atoms with Crippen LogP contribution in [0.1, 0.15) is 25.7 Å². The molecule has 15 heavy (non-hydrogen) atoms. The highest BCUT2D eigenvalue weighted by molar-refractivity contribution is 5.68. The normalized spacial score (nSPS) is 30.1. The molecule has 0 aromatic carbocycles. The van der Waals surface area contributed by atoms with Crippen molar-refractivity contribution in [1.29, 1.82) is 0 Å². The molecule has 4 nitrogen and oxygen atoms in total. The van der Waals surface area contributed by atoms with Gasteiger partial charge in [0.05, 0.1) is 0 Å². The molecule has 0 bridgehead atoms. The van der Waals surface area contributed by atoms with Gasteiger partial charge in [-0.05, 0) is 45.2 Å². The van der Waals surface area contributed by atoms with Crippen molar-refractivity contribution in [2.45, 2.75) is 31.8 Å². The molecule has 0 radical (unpaired) electrons. The van der Waals surface area contributed by atoms with Gasteiger partial charge in [0.2, 0.25) is 0 Å². The molecule has 1 N–H and O–H groups in total. The molecule has 2 fully saturated rings. The second kappa shape index (κ2) is 4.84. The second-order valence-corrected chi connectivity index (χ2v) is 4.60. The number of carbonyl (C=O) groups is 1. The summed E-state index contributed by atoms with van der Waals surface area (Å²) in [6, 6.07) is 0. The van der Waals surface area contributed by atoms with Crippen LogP contribution in [0, 0.1) is 5.92 Å². The summed E-state index contributed by atoms with van der Waals surface area (Å²) in [6.07, 6.45) is 4.39. The standard InChI is InChI=1S/C11H20N2O2/c1-12-8-9-6-10(7-9)15-11(14)13-4-2-3-5-13/h9-10,12H,2-8H2,1H3. The van der Waals surface area contributed by atoms with E-state index < -0.39 is 0 Å². The fourth-order valence-corrected chi connectivity index (χ4v) is 2.34. The first-order valence-electron chi connectivity index (χ1n) is 5.89. The molecule has 0 unspecified atom stereocenters. The zero-order valence-electron chi connectivity index (χ0n) is 9.37. The maximum Gasteiger partial charge on any atom is 0.410 e. The molecule has 2 rings (SSSR count). The molecule has 4 heteroatoms. The van der Waals surface area contributed by atoms with E-state index in [0.29, 0.717) is 5.92 Å². The molecule has 1 heterocycles. The molecule has 0 atom stereocenters. The lowest BCUT2D eigenvalue weighted by Crippen LogP contribution is -2.41. The van der Waals surface area contributed by atoms with Crippen LogP contribution in [0.5, 0.6) is 0 Å². The maximum atomic E-state index is 11.6. The Balaban J connectivity index is 1.64. The van der Waals surface area contributed by atoms with Crippen molar-refractivity contribution >= 4 is 6.09 Å². The number of carbonyl (C=O) groups excluding carboxylic acids is 1. The summed E-state index contributed by atoms with van der Waals surface area (Å²) in [6.45, 7) is 2.80. The molecule has 0 spiro atoms. The van der Waals surface area contributed by atoms with Gasteiger partial charge in [0.1, 0.15) is 6.10 Å². The predicted molar refractivity (Wildman–Crippen MR) is 57.7 cm³/mol. The van der Waals surface area contributed by atoms with E-state index in [4.69, 9.17) is 4.74 Å². The first-order valence-corrected chi connectivity index (χ1v) is 5.89. The van der Waals surface area contributed by atoms with Crippen LogP contribution in [-0.4, -0.2) is 43.8 Å². The van der Waals surface area contributed by atoms with Gasteiger partial charge in [0.25, 0.3) is 0 Å². The van der Waals surface area contributed by atoms with Crippen LogP contribution in [0.3, 0.4) is 0 Å². The number of hydrogen-bond donors (Lipinski definition) is 1. The summed E-state index contributed by atoms with van der Waals surface area (Å²) >= 11 is 0. The minimum Gasteiger partial charge on any atom is -0.446 e. The van der Waals surface area contributed by atoms with E-state index in [2.05, 4.69) is 5.32 Å². The van der Waals surface area contributed by atoms with Crippen molar-refractivity contribution in [3.05, 3.63) is 0 Å². The van der Waals surface area contributed by atoms with Crippen molar-refractivity contribution in [2.24, 2.45) is 5.92 Å². The van der Waals surface area contributed by atoms with E-state index in [-0.39, 0.29) is 12.2 Å². The predicted octanol–water partition coefficient (Wildman–Crippen LogP) is 1.22. The monoisotopic (exact) mass is 212 g/mol. The zero-order chi connectivity index (χ0) is 10.7. The van der Waals surface area contributed by atoms with Gasteiger partial charge in [-0.15, -0.1) is 0 Å². The number of likely N-dealkylation sites (tertiary alicyclic amines) is 1. The third kappa shape index (κ3) is 2.62. The topological polar surface area (TPSA) is 41.6 Å². The summed E-state index contributed by atoms with van der Waals surface area (Å²) in [5.74, 6) is 0.700. The van der Waals surface area contributed by atoms with E-state index in [1.54, 1.807) is 0 Å². The van der Waals surface area contributed by atoms with E-state index in [1.807, 2.05) is 11.9 Å². The second-order valence-electron chi connectivity index (χ2n) is 4.60. The van der Waals surface area contributed by atoms with Crippen molar-refractivity contribution in [1.82, 2.24) is 10.2 Å². The Hall–Kier alpha value is -0.770. The number of rotatable bonds is 3. The molecular formula is C11H20N2O2. The zero-order valence-corrected chi connectivity index (χ0v) is 9.37. The van der Waals surface area contributed by atoms with Crippen molar-refractivity contribution in [2.75, 3.05) is 26.7 Å².